The lowest BCUT2D eigenvalue weighted by Gasteiger charge is -2.11. The summed E-state index contributed by atoms with van der Waals surface area (Å²) in [4.78, 5) is 27.0. The first-order chi connectivity index (χ1) is 14.4. The van der Waals surface area contributed by atoms with E-state index < -0.39 is 5.91 Å². The zero-order chi connectivity index (χ0) is 22.1. The highest BCUT2D eigenvalue weighted by molar-refractivity contribution is 7.07. The van der Waals surface area contributed by atoms with E-state index in [1.165, 1.54) is 4.57 Å². The van der Waals surface area contributed by atoms with Crippen LogP contribution in [0.1, 0.15) is 13.8 Å². The number of thiazole rings is 1. The van der Waals surface area contributed by atoms with Crippen LogP contribution in [0.25, 0.3) is 11.8 Å². The van der Waals surface area contributed by atoms with Crippen LogP contribution in [0, 0.1) is 11.3 Å². The Morgan fingerprint density at radius 2 is 2.13 bits per heavy atom. The summed E-state index contributed by atoms with van der Waals surface area (Å²) in [6.07, 6.45) is 1.59. The number of nitriles is 1. The molecule has 0 bridgehead atoms. The molecule has 9 heteroatoms. The quantitative estimate of drug-likeness (QED) is 0.603. The van der Waals surface area contributed by atoms with Gasteiger partial charge in [-0.05, 0) is 40.1 Å². The van der Waals surface area contributed by atoms with E-state index in [1.54, 1.807) is 20.0 Å². The van der Waals surface area contributed by atoms with Crippen molar-refractivity contribution in [3.63, 3.8) is 0 Å². The summed E-state index contributed by atoms with van der Waals surface area (Å²) >= 11 is 1.11. The monoisotopic (exact) mass is 429 g/mol. The van der Waals surface area contributed by atoms with Crippen molar-refractivity contribution in [1.29, 1.82) is 5.26 Å². The molecule has 0 saturated heterocycles. The summed E-state index contributed by atoms with van der Waals surface area (Å²) in [7, 11) is 3.96. The number of aromatic nitrogens is 1. The van der Waals surface area contributed by atoms with E-state index in [0.717, 1.165) is 29.3 Å². The Hall–Kier alpha value is -3.09. The highest BCUT2D eigenvalue weighted by atomic mass is 32.1. The second-order valence-corrected chi connectivity index (χ2v) is 7.67. The Kier molecular flexibility index (Phi) is 8.65. The van der Waals surface area contributed by atoms with Crippen LogP contribution in [0.2, 0.25) is 0 Å². The molecule has 8 nitrogen and oxygen atoms in total. The molecule has 2 aromatic rings. The summed E-state index contributed by atoms with van der Waals surface area (Å²) in [6, 6.07) is 9.37. The number of nitrogens with one attached hydrogen (secondary N) is 2. The lowest BCUT2D eigenvalue weighted by molar-refractivity contribution is -0.115. The number of nitrogens with zero attached hydrogens (tertiary/aromatic N) is 3. The maximum absolute atomic E-state index is 12.7. The maximum Gasteiger partial charge on any atom is 0.270 e. The minimum Gasteiger partial charge on any atom is -0.492 e. The average Bonchev–Trinajstić information content (AvgIpc) is 3.02. The molecule has 1 heterocycles. The molecule has 0 radical (unpaired) electrons. The summed E-state index contributed by atoms with van der Waals surface area (Å²) in [5.41, 5.74) is 0.458. The SMILES string of the molecule is CCNC(=O)C(C#N)=c1sc(=CNc2cccc(OCCN(C)C)c2)c(=O)n1CC. The van der Waals surface area contributed by atoms with Gasteiger partial charge in [-0.25, -0.2) is 0 Å². The number of anilines is 1. The molecule has 1 aromatic heterocycles. The summed E-state index contributed by atoms with van der Waals surface area (Å²) < 4.78 is 7.92. The summed E-state index contributed by atoms with van der Waals surface area (Å²) in [5, 5.41) is 15.2. The fourth-order valence-electron chi connectivity index (χ4n) is 2.61. The third-order valence-electron chi connectivity index (χ3n) is 4.13. The van der Waals surface area contributed by atoms with Crippen molar-refractivity contribution >= 4 is 34.7 Å². The Balaban J connectivity index is 2.35. The van der Waals surface area contributed by atoms with Gasteiger partial charge in [-0.2, -0.15) is 5.26 Å². The first kappa shape index (κ1) is 23.2. The lowest BCUT2D eigenvalue weighted by Crippen LogP contribution is -2.34. The number of amides is 1. The third-order valence-corrected chi connectivity index (χ3v) is 5.26. The molecule has 2 N–H and O–H groups in total. The van der Waals surface area contributed by atoms with Gasteiger partial charge in [-0.3, -0.25) is 14.2 Å². The van der Waals surface area contributed by atoms with Crippen molar-refractivity contribution in [2.75, 3.05) is 39.1 Å². The van der Waals surface area contributed by atoms with Crippen molar-refractivity contribution in [3.05, 3.63) is 43.8 Å². The Bertz CT molecular complexity index is 1100. The maximum atomic E-state index is 12.7. The standard InChI is InChI=1S/C21H27N5O3S/c1-5-23-19(27)17(13-22)21-26(6-2)20(28)18(30-21)14-24-15-8-7-9-16(12-15)29-11-10-25(3)4/h7-9,12,14,24H,5-6,10-11H2,1-4H3,(H,23,27). The molecular weight excluding hydrogens is 402 g/mol. The number of hydrogen-bond acceptors (Lipinski definition) is 7. The summed E-state index contributed by atoms with van der Waals surface area (Å²) in [6.45, 7) is 5.72. The minimum atomic E-state index is -0.481. The number of hydrogen-bond donors (Lipinski definition) is 2. The van der Waals surface area contributed by atoms with Gasteiger partial charge in [0.05, 0.1) is 0 Å². The normalized spacial score (nSPS) is 12.5. The van der Waals surface area contributed by atoms with Crippen LogP contribution >= 0.6 is 11.3 Å². The van der Waals surface area contributed by atoms with Crippen molar-refractivity contribution in [3.8, 4) is 11.8 Å². The van der Waals surface area contributed by atoms with Gasteiger partial charge in [0.25, 0.3) is 11.5 Å². The Labute approximate surface area is 179 Å². The van der Waals surface area contributed by atoms with Gasteiger partial charge in [0.1, 0.15) is 27.6 Å². The number of carbonyl (C=O) groups excluding carboxylic acids is 1. The van der Waals surface area contributed by atoms with Crippen LogP contribution in [0.3, 0.4) is 0 Å². The zero-order valence-corrected chi connectivity index (χ0v) is 18.5. The molecule has 0 unspecified atom stereocenters. The number of carbonyl (C=O) groups is 1. The van der Waals surface area contributed by atoms with Crippen LogP contribution in [0.15, 0.2) is 29.1 Å². The third kappa shape index (κ3) is 5.95. The van der Waals surface area contributed by atoms with Crippen molar-refractivity contribution < 1.29 is 9.53 Å². The molecule has 0 aliphatic rings. The van der Waals surface area contributed by atoms with Crippen LogP contribution in [-0.4, -0.2) is 49.2 Å². The second kappa shape index (κ2) is 11.2. The van der Waals surface area contributed by atoms with E-state index in [0.29, 0.717) is 28.9 Å². The van der Waals surface area contributed by atoms with E-state index in [2.05, 4.69) is 10.6 Å². The molecule has 0 aliphatic carbocycles. The van der Waals surface area contributed by atoms with Crippen molar-refractivity contribution in [2.24, 2.45) is 0 Å². The van der Waals surface area contributed by atoms with E-state index >= 15 is 0 Å². The predicted octanol–water partition coefficient (Wildman–Crippen LogP) is 0.531. The van der Waals surface area contributed by atoms with Crippen LogP contribution in [0.5, 0.6) is 5.75 Å². The molecule has 2 rings (SSSR count). The average molecular weight is 430 g/mol. The molecule has 0 spiro atoms. The van der Waals surface area contributed by atoms with Gasteiger partial charge >= 0.3 is 0 Å². The van der Waals surface area contributed by atoms with Gasteiger partial charge in [-0.1, -0.05) is 6.07 Å². The second-order valence-electron chi connectivity index (χ2n) is 6.64. The number of likely N-dealkylation sites (N-methyl/N-ethyl adjacent to an activating group) is 1. The Morgan fingerprint density at radius 3 is 2.77 bits per heavy atom. The first-order valence-electron chi connectivity index (χ1n) is 9.67. The topological polar surface area (TPSA) is 99.4 Å². The molecular formula is C21H27N5O3S. The van der Waals surface area contributed by atoms with Crippen molar-refractivity contribution in [2.45, 2.75) is 20.4 Å². The molecule has 1 aromatic carbocycles. The van der Waals surface area contributed by atoms with E-state index in [-0.39, 0.29) is 11.1 Å². The highest BCUT2D eigenvalue weighted by Gasteiger charge is 2.14. The smallest absolute Gasteiger partial charge is 0.270 e. The van der Waals surface area contributed by atoms with Gasteiger partial charge in [-0.15, -0.1) is 11.3 Å². The number of rotatable bonds is 9. The lowest BCUT2D eigenvalue weighted by atomic mass is 10.3. The molecule has 160 valence electrons. The summed E-state index contributed by atoms with van der Waals surface area (Å²) in [5.74, 6) is 0.245. The van der Waals surface area contributed by atoms with E-state index in [4.69, 9.17) is 4.74 Å². The van der Waals surface area contributed by atoms with Crippen LogP contribution in [-0.2, 0) is 11.3 Å². The predicted molar refractivity (Wildman–Crippen MR) is 120 cm³/mol. The van der Waals surface area contributed by atoms with E-state index in [9.17, 15) is 14.9 Å². The van der Waals surface area contributed by atoms with Gasteiger partial charge in [0.15, 0.2) is 5.57 Å². The number of ether oxygens (including phenoxy) is 1. The van der Waals surface area contributed by atoms with E-state index in [1.807, 2.05) is 49.3 Å². The van der Waals surface area contributed by atoms with Gasteiger partial charge in [0.2, 0.25) is 0 Å². The van der Waals surface area contributed by atoms with Crippen molar-refractivity contribution in [1.82, 2.24) is 14.8 Å². The minimum absolute atomic E-state index is 0.0586. The largest absolute Gasteiger partial charge is 0.492 e. The molecule has 30 heavy (non-hydrogen) atoms. The molecule has 0 aliphatic heterocycles. The molecule has 0 saturated carbocycles. The fraction of sp³-hybridized carbons (Fsp3) is 0.381. The molecule has 1 amide bonds. The van der Waals surface area contributed by atoms with Gasteiger partial charge < -0.3 is 20.3 Å². The Morgan fingerprint density at radius 1 is 1.37 bits per heavy atom. The first-order valence-corrected chi connectivity index (χ1v) is 10.5. The number of benzene rings is 1. The molecule has 0 atom stereocenters. The van der Waals surface area contributed by atoms with Crippen LogP contribution in [0.4, 0.5) is 5.69 Å². The zero-order valence-electron chi connectivity index (χ0n) is 17.7. The van der Waals surface area contributed by atoms with Gasteiger partial charge in [0, 0.05) is 37.6 Å². The fourth-order valence-corrected chi connectivity index (χ4v) is 3.69. The highest BCUT2D eigenvalue weighted by Crippen LogP contribution is 2.17. The molecule has 0 fully saturated rings. The van der Waals surface area contributed by atoms with Crippen LogP contribution < -0.4 is 30.1 Å².